The minimum Gasteiger partial charge on any atom is -0.369 e. The highest BCUT2D eigenvalue weighted by Crippen LogP contribution is 2.38. The molecule has 1 saturated heterocycles. The van der Waals surface area contributed by atoms with Crippen molar-refractivity contribution in [3.05, 3.63) is 23.5 Å². The number of fused-ring (bicyclic) bond motifs is 1. The summed E-state index contributed by atoms with van der Waals surface area (Å²) in [4.78, 5) is 6.08. The normalized spacial score (nSPS) is 21.9. The number of aromatic nitrogens is 4. The van der Waals surface area contributed by atoms with E-state index in [1.807, 2.05) is 4.90 Å². The molecule has 0 radical (unpaired) electrons. The Morgan fingerprint density at radius 1 is 1.27 bits per heavy atom. The highest BCUT2D eigenvalue weighted by molar-refractivity contribution is 7.89. The van der Waals surface area contributed by atoms with Crippen molar-refractivity contribution < 1.29 is 35.5 Å². The molecule has 10 nitrogen and oxygen atoms in total. The van der Waals surface area contributed by atoms with Crippen molar-refractivity contribution >= 4 is 32.6 Å². The Kier molecular flexibility index (Phi) is 6.89. The Bertz CT molecular complexity index is 1390. The number of pyridine rings is 1. The molecule has 0 spiro atoms. The Morgan fingerprint density at radius 3 is 2.68 bits per heavy atom. The fourth-order valence-electron chi connectivity index (χ4n) is 4.21. The minimum absolute atomic E-state index is 0.0690. The highest BCUT2D eigenvalue weighted by Gasteiger charge is 2.41. The van der Waals surface area contributed by atoms with Gasteiger partial charge in [0.05, 0.1) is 36.2 Å². The van der Waals surface area contributed by atoms with Crippen molar-refractivity contribution in [1.29, 1.82) is 0 Å². The molecule has 3 aromatic rings. The molecule has 2 atom stereocenters. The summed E-state index contributed by atoms with van der Waals surface area (Å²) in [5, 5.41) is 6.93. The number of imidazole rings is 1. The molecule has 202 valence electrons. The van der Waals surface area contributed by atoms with Crippen molar-refractivity contribution in [2.75, 3.05) is 24.6 Å². The van der Waals surface area contributed by atoms with Crippen LogP contribution in [0, 0.1) is 0 Å². The average Bonchev–Trinajstić information content (AvgIpc) is 3.21. The number of anilines is 1. The van der Waals surface area contributed by atoms with E-state index in [0.717, 1.165) is 0 Å². The van der Waals surface area contributed by atoms with Gasteiger partial charge in [0.15, 0.2) is 15.8 Å². The predicted octanol–water partition coefficient (Wildman–Crippen LogP) is 3.45. The first kappa shape index (κ1) is 26.2. The Labute approximate surface area is 213 Å². The van der Waals surface area contributed by atoms with Gasteiger partial charge >= 0.3 is 6.61 Å². The Morgan fingerprint density at radius 2 is 2.03 bits per heavy atom. The second-order valence-corrected chi connectivity index (χ2v) is 12.1. The van der Waals surface area contributed by atoms with Crippen LogP contribution in [0.25, 0.3) is 16.3 Å². The molecule has 1 saturated carbocycles. The van der Waals surface area contributed by atoms with Crippen molar-refractivity contribution in [3.8, 4) is 10.8 Å². The van der Waals surface area contributed by atoms with Gasteiger partial charge < -0.3 is 14.4 Å². The van der Waals surface area contributed by atoms with E-state index in [2.05, 4.69) is 24.6 Å². The van der Waals surface area contributed by atoms with Gasteiger partial charge in [-0.1, -0.05) is 11.3 Å². The van der Waals surface area contributed by atoms with E-state index < -0.39 is 39.7 Å². The van der Waals surface area contributed by atoms with Crippen LogP contribution in [0.1, 0.15) is 38.1 Å². The molecule has 0 aromatic carbocycles. The minimum atomic E-state index is -3.97. The van der Waals surface area contributed by atoms with Gasteiger partial charge in [0.1, 0.15) is 4.90 Å². The third-order valence-electron chi connectivity index (χ3n) is 6.18. The van der Waals surface area contributed by atoms with E-state index in [-0.39, 0.29) is 35.0 Å². The molecule has 5 rings (SSSR count). The smallest absolute Gasteiger partial charge is 0.345 e. The summed E-state index contributed by atoms with van der Waals surface area (Å²) in [5.74, 6) is 0.147. The van der Waals surface area contributed by atoms with E-state index in [9.17, 15) is 26.0 Å². The number of alkyl halides is 4. The molecule has 1 N–H and O–H groups in total. The fourth-order valence-corrected chi connectivity index (χ4v) is 6.39. The number of hydrogen-bond donors (Lipinski definition) is 1. The van der Waals surface area contributed by atoms with Crippen LogP contribution in [-0.2, 0) is 19.5 Å². The van der Waals surface area contributed by atoms with E-state index in [4.69, 9.17) is 4.74 Å². The Hall–Kier alpha value is -2.40. The summed E-state index contributed by atoms with van der Waals surface area (Å²) in [6, 6.07) is 1.49. The van der Waals surface area contributed by atoms with Gasteiger partial charge in [-0.25, -0.2) is 26.9 Å². The molecule has 1 aliphatic heterocycles. The molecule has 16 heteroatoms. The van der Waals surface area contributed by atoms with Crippen LogP contribution in [0.4, 0.5) is 23.2 Å². The van der Waals surface area contributed by atoms with E-state index in [0.29, 0.717) is 41.9 Å². The van der Waals surface area contributed by atoms with Gasteiger partial charge in [0.25, 0.3) is 6.43 Å². The maximum atomic E-state index is 13.3. The third kappa shape index (κ3) is 5.57. The van der Waals surface area contributed by atoms with Crippen LogP contribution >= 0.6 is 11.3 Å². The van der Waals surface area contributed by atoms with Crippen molar-refractivity contribution in [2.24, 2.45) is 0 Å². The van der Waals surface area contributed by atoms with E-state index in [1.165, 1.54) is 22.9 Å². The molecule has 4 heterocycles. The quantitative estimate of drug-likeness (QED) is 0.394. The standard InChI is InChI=1S/C21H24F4N6O4S2/c1-11-7-30(8-12(35-11)10-34-20(24)25)14-5-13(37(32,33)29-21(2)3-4-21)9-31-15(14)6-26-17(31)19-28-27-18(36-19)16(22)23/h5-6,9,11-12,16,20,29H,3-4,7-8,10H2,1-2H3/t11-,12+/m0/s1. The molecular weight excluding hydrogens is 540 g/mol. The fraction of sp³-hybridized carbons (Fsp3) is 0.571. The summed E-state index contributed by atoms with van der Waals surface area (Å²) in [5.41, 5.74) is 0.392. The predicted molar refractivity (Wildman–Crippen MR) is 126 cm³/mol. The molecule has 2 aliphatic rings. The van der Waals surface area contributed by atoms with Crippen LogP contribution < -0.4 is 9.62 Å². The SMILES string of the molecule is C[C@H]1CN(c2cc(S(=O)(=O)NC3(C)CC3)cn3c(-c4nnc(C(F)F)s4)ncc23)C[C@H](COC(F)F)O1. The van der Waals surface area contributed by atoms with Crippen molar-refractivity contribution in [2.45, 2.75) is 62.4 Å². The molecule has 1 aliphatic carbocycles. The molecule has 0 unspecified atom stereocenters. The first-order valence-corrected chi connectivity index (χ1v) is 13.7. The van der Waals surface area contributed by atoms with Crippen LogP contribution in [0.5, 0.6) is 0 Å². The van der Waals surface area contributed by atoms with Gasteiger partial charge in [-0.15, -0.1) is 10.2 Å². The van der Waals surface area contributed by atoms with Crippen molar-refractivity contribution in [1.82, 2.24) is 24.3 Å². The lowest BCUT2D eigenvalue weighted by Gasteiger charge is -2.38. The number of sulfonamides is 1. The van der Waals surface area contributed by atoms with Gasteiger partial charge in [-0.3, -0.25) is 4.40 Å². The summed E-state index contributed by atoms with van der Waals surface area (Å²) < 4.78 is 92.5. The Balaban J connectivity index is 1.60. The van der Waals surface area contributed by atoms with Gasteiger partial charge in [0.2, 0.25) is 10.0 Å². The summed E-state index contributed by atoms with van der Waals surface area (Å²) in [6.07, 6.45) is 0.362. The average molecular weight is 565 g/mol. The summed E-state index contributed by atoms with van der Waals surface area (Å²) in [6.45, 7) is 0.756. The molecule has 37 heavy (non-hydrogen) atoms. The monoisotopic (exact) mass is 564 g/mol. The number of rotatable bonds is 9. The lowest BCUT2D eigenvalue weighted by molar-refractivity contribution is -0.162. The van der Waals surface area contributed by atoms with Gasteiger partial charge in [-0.05, 0) is 32.8 Å². The molecule has 2 fully saturated rings. The first-order chi connectivity index (χ1) is 17.4. The maximum Gasteiger partial charge on any atom is 0.345 e. The largest absolute Gasteiger partial charge is 0.369 e. The van der Waals surface area contributed by atoms with Gasteiger partial charge in [0, 0.05) is 24.8 Å². The number of morpholine rings is 1. The third-order valence-corrected chi connectivity index (χ3v) is 8.71. The highest BCUT2D eigenvalue weighted by atomic mass is 32.2. The van der Waals surface area contributed by atoms with Gasteiger partial charge in [-0.2, -0.15) is 8.78 Å². The lowest BCUT2D eigenvalue weighted by atomic mass is 10.2. The number of hydrogen-bond acceptors (Lipinski definition) is 9. The zero-order valence-corrected chi connectivity index (χ0v) is 21.4. The summed E-state index contributed by atoms with van der Waals surface area (Å²) >= 11 is 0.657. The van der Waals surface area contributed by atoms with Crippen LogP contribution in [0.3, 0.4) is 0 Å². The molecule has 0 amide bonds. The second kappa shape index (κ2) is 9.72. The lowest BCUT2D eigenvalue weighted by Crippen LogP contribution is -2.48. The number of halogens is 4. The topological polar surface area (TPSA) is 111 Å². The van der Waals surface area contributed by atoms with Crippen molar-refractivity contribution in [3.63, 3.8) is 0 Å². The van der Waals surface area contributed by atoms with Crippen LogP contribution in [0.15, 0.2) is 23.4 Å². The van der Waals surface area contributed by atoms with Crippen LogP contribution in [0.2, 0.25) is 0 Å². The molecular formula is C21H24F4N6O4S2. The first-order valence-electron chi connectivity index (χ1n) is 11.4. The molecule has 3 aromatic heterocycles. The second-order valence-electron chi connectivity index (χ2n) is 9.38. The zero-order valence-electron chi connectivity index (χ0n) is 19.8. The van der Waals surface area contributed by atoms with E-state index in [1.54, 1.807) is 13.8 Å². The zero-order chi connectivity index (χ0) is 26.5. The van der Waals surface area contributed by atoms with Crippen LogP contribution in [-0.4, -0.2) is 72.1 Å². The molecule has 0 bridgehead atoms. The van der Waals surface area contributed by atoms with E-state index >= 15 is 0 Å². The number of nitrogens with zero attached hydrogens (tertiary/aromatic N) is 5. The summed E-state index contributed by atoms with van der Waals surface area (Å²) in [7, 11) is -3.97. The number of ether oxygens (including phenoxy) is 2. The maximum absolute atomic E-state index is 13.3. The number of nitrogens with one attached hydrogen (secondary N) is 1.